The molecule has 1 saturated heterocycles. The van der Waals surface area contributed by atoms with E-state index in [9.17, 15) is 4.79 Å². The summed E-state index contributed by atoms with van der Waals surface area (Å²) in [5.74, 6) is 1.44. The molecule has 1 fully saturated rings. The number of hydrogen-bond donors (Lipinski definition) is 1. The Hall–Kier alpha value is -2.28. The van der Waals surface area contributed by atoms with E-state index in [1.807, 2.05) is 12.1 Å². The molecule has 0 radical (unpaired) electrons. The second-order valence-corrected chi connectivity index (χ2v) is 6.01. The molecular formula is C20H25ClN2O4. The first kappa shape index (κ1) is 21.0. The summed E-state index contributed by atoms with van der Waals surface area (Å²) in [7, 11) is 0. The third-order valence-corrected chi connectivity index (χ3v) is 4.30. The largest absolute Gasteiger partial charge is 0.490 e. The highest BCUT2D eigenvalue weighted by Gasteiger charge is 2.25. The number of nitrogens with zero attached hydrogens (tertiary/aromatic N) is 1. The molecule has 1 N–H and O–H groups in total. The fourth-order valence-electron chi connectivity index (χ4n) is 2.93. The van der Waals surface area contributed by atoms with Crippen molar-refractivity contribution in [2.24, 2.45) is 0 Å². The molecule has 1 amide bonds. The molecule has 7 heteroatoms. The van der Waals surface area contributed by atoms with Crippen LogP contribution in [0.15, 0.2) is 59.7 Å². The number of carbonyl (C=O) groups excluding carboxylic acids is 1. The summed E-state index contributed by atoms with van der Waals surface area (Å²) in [5.41, 5.74) is 0.594. The topological polar surface area (TPSA) is 63.9 Å². The van der Waals surface area contributed by atoms with Crippen LogP contribution in [-0.2, 0) is 4.74 Å². The highest BCUT2D eigenvalue weighted by Crippen LogP contribution is 2.22. The van der Waals surface area contributed by atoms with Gasteiger partial charge in [-0.05, 0) is 36.4 Å². The van der Waals surface area contributed by atoms with Crippen LogP contribution in [0.3, 0.4) is 0 Å². The molecule has 1 aromatic heterocycles. The van der Waals surface area contributed by atoms with Crippen LogP contribution in [0.25, 0.3) is 0 Å². The maximum absolute atomic E-state index is 12.5. The van der Waals surface area contributed by atoms with Crippen molar-refractivity contribution >= 4 is 18.3 Å². The molecule has 1 unspecified atom stereocenters. The van der Waals surface area contributed by atoms with Crippen LogP contribution in [0.5, 0.6) is 5.75 Å². The highest BCUT2D eigenvalue weighted by atomic mass is 35.5. The lowest BCUT2D eigenvalue weighted by atomic mass is 10.1. The Labute approximate surface area is 165 Å². The third-order valence-electron chi connectivity index (χ3n) is 4.30. The molecule has 1 aliphatic heterocycles. The first-order valence-corrected chi connectivity index (χ1v) is 8.75. The number of nitrogens with one attached hydrogen (secondary N) is 1. The molecule has 1 aliphatic rings. The zero-order valence-electron chi connectivity index (χ0n) is 15.1. The molecule has 2 aromatic rings. The van der Waals surface area contributed by atoms with E-state index in [2.05, 4.69) is 16.8 Å². The van der Waals surface area contributed by atoms with E-state index in [1.54, 1.807) is 36.6 Å². The van der Waals surface area contributed by atoms with E-state index in [1.165, 1.54) is 0 Å². The van der Waals surface area contributed by atoms with Crippen molar-refractivity contribution in [3.05, 3.63) is 66.6 Å². The second-order valence-electron chi connectivity index (χ2n) is 6.01. The van der Waals surface area contributed by atoms with Crippen LogP contribution >= 0.6 is 12.4 Å². The van der Waals surface area contributed by atoms with E-state index in [-0.39, 0.29) is 24.4 Å². The van der Waals surface area contributed by atoms with Crippen molar-refractivity contribution in [3.8, 4) is 5.75 Å². The van der Waals surface area contributed by atoms with Gasteiger partial charge in [-0.3, -0.25) is 9.69 Å². The van der Waals surface area contributed by atoms with Gasteiger partial charge in [-0.15, -0.1) is 12.4 Å². The highest BCUT2D eigenvalue weighted by molar-refractivity contribution is 5.94. The molecule has 3 rings (SSSR count). The zero-order valence-corrected chi connectivity index (χ0v) is 16.0. The lowest BCUT2D eigenvalue weighted by Crippen LogP contribution is -2.43. The fourth-order valence-corrected chi connectivity index (χ4v) is 2.93. The molecule has 6 nitrogen and oxygen atoms in total. The zero-order chi connectivity index (χ0) is 18.2. The molecule has 2 heterocycles. The summed E-state index contributed by atoms with van der Waals surface area (Å²) in [4.78, 5) is 14.8. The Balaban J connectivity index is 0.00000261. The number of rotatable bonds is 8. The molecular weight excluding hydrogens is 368 g/mol. The van der Waals surface area contributed by atoms with Crippen LogP contribution in [0.1, 0.15) is 22.2 Å². The van der Waals surface area contributed by atoms with Gasteiger partial charge in [0.1, 0.15) is 18.1 Å². The summed E-state index contributed by atoms with van der Waals surface area (Å²) >= 11 is 0. The Morgan fingerprint density at radius 2 is 2.00 bits per heavy atom. The number of hydrogen-bond acceptors (Lipinski definition) is 5. The SMILES string of the molecule is C=CCOc1ccc(C(=O)NCC(c2ccco2)N2CCOCC2)cc1.Cl. The first-order chi connectivity index (χ1) is 12.8. The van der Waals surface area contributed by atoms with E-state index in [4.69, 9.17) is 13.9 Å². The summed E-state index contributed by atoms with van der Waals surface area (Å²) < 4.78 is 16.4. The molecule has 0 bridgehead atoms. The minimum Gasteiger partial charge on any atom is -0.490 e. The second kappa shape index (κ2) is 10.8. The molecule has 0 saturated carbocycles. The number of amides is 1. The van der Waals surface area contributed by atoms with Crippen molar-refractivity contribution in [1.82, 2.24) is 10.2 Å². The number of furan rings is 1. The minimum atomic E-state index is -0.120. The summed E-state index contributed by atoms with van der Waals surface area (Å²) in [6.07, 6.45) is 3.34. The minimum absolute atomic E-state index is 0. The van der Waals surface area contributed by atoms with Gasteiger partial charge >= 0.3 is 0 Å². The fraction of sp³-hybridized carbons (Fsp3) is 0.350. The average molecular weight is 393 g/mol. The Bertz CT molecular complexity index is 697. The van der Waals surface area contributed by atoms with Crippen molar-refractivity contribution in [3.63, 3.8) is 0 Å². The molecule has 0 spiro atoms. The third kappa shape index (κ3) is 5.85. The standard InChI is InChI=1S/C20H24N2O4.ClH/c1-2-11-25-17-7-5-16(6-8-17)20(23)21-15-18(19-4-3-12-26-19)22-9-13-24-14-10-22;/h2-8,12,18H,1,9-11,13-15H2,(H,21,23);1H. The quantitative estimate of drug-likeness (QED) is 0.699. The van der Waals surface area contributed by atoms with Gasteiger partial charge in [-0.1, -0.05) is 12.7 Å². The number of halogens is 1. The summed E-state index contributed by atoms with van der Waals surface area (Å²) in [5, 5.41) is 3.01. The predicted molar refractivity (Wildman–Crippen MR) is 106 cm³/mol. The van der Waals surface area contributed by atoms with Crippen molar-refractivity contribution in [2.75, 3.05) is 39.5 Å². The maximum Gasteiger partial charge on any atom is 0.251 e. The van der Waals surface area contributed by atoms with Crippen LogP contribution < -0.4 is 10.1 Å². The molecule has 0 aliphatic carbocycles. The summed E-state index contributed by atoms with van der Waals surface area (Å²) in [6, 6.07) is 10.9. The van der Waals surface area contributed by atoms with E-state index >= 15 is 0 Å². The van der Waals surface area contributed by atoms with Gasteiger partial charge in [0.25, 0.3) is 5.91 Å². The van der Waals surface area contributed by atoms with Crippen molar-refractivity contribution < 1.29 is 18.7 Å². The number of benzene rings is 1. The van der Waals surface area contributed by atoms with Gasteiger partial charge < -0.3 is 19.2 Å². The lowest BCUT2D eigenvalue weighted by molar-refractivity contribution is 0.0118. The van der Waals surface area contributed by atoms with E-state index in [0.717, 1.165) is 18.8 Å². The van der Waals surface area contributed by atoms with Gasteiger partial charge in [-0.2, -0.15) is 0 Å². The first-order valence-electron chi connectivity index (χ1n) is 8.75. The average Bonchev–Trinajstić information content (AvgIpc) is 3.22. The smallest absolute Gasteiger partial charge is 0.251 e. The Morgan fingerprint density at radius 1 is 1.26 bits per heavy atom. The number of morpholine rings is 1. The predicted octanol–water partition coefficient (Wildman–Crippen LogP) is 3.07. The van der Waals surface area contributed by atoms with Gasteiger partial charge in [0.05, 0.1) is 25.5 Å². The van der Waals surface area contributed by atoms with Crippen molar-refractivity contribution in [1.29, 1.82) is 0 Å². The van der Waals surface area contributed by atoms with Gasteiger partial charge in [0.2, 0.25) is 0 Å². The van der Waals surface area contributed by atoms with Crippen LogP contribution in [0.2, 0.25) is 0 Å². The lowest BCUT2D eigenvalue weighted by Gasteiger charge is -2.33. The Kier molecular flexibility index (Phi) is 8.39. The monoisotopic (exact) mass is 392 g/mol. The van der Waals surface area contributed by atoms with Crippen LogP contribution in [0, 0.1) is 0 Å². The van der Waals surface area contributed by atoms with Crippen LogP contribution in [0.4, 0.5) is 0 Å². The molecule has 27 heavy (non-hydrogen) atoms. The molecule has 1 aromatic carbocycles. The maximum atomic E-state index is 12.5. The molecule has 1 atom stereocenters. The van der Waals surface area contributed by atoms with E-state index in [0.29, 0.717) is 37.7 Å². The number of carbonyl (C=O) groups is 1. The molecule has 146 valence electrons. The van der Waals surface area contributed by atoms with Gasteiger partial charge in [0.15, 0.2) is 0 Å². The van der Waals surface area contributed by atoms with Gasteiger partial charge in [-0.25, -0.2) is 0 Å². The van der Waals surface area contributed by atoms with Crippen LogP contribution in [-0.4, -0.2) is 50.3 Å². The summed E-state index contributed by atoms with van der Waals surface area (Å²) in [6.45, 7) is 7.54. The Morgan fingerprint density at radius 3 is 2.63 bits per heavy atom. The normalized spacial score (nSPS) is 15.4. The number of ether oxygens (including phenoxy) is 2. The van der Waals surface area contributed by atoms with E-state index < -0.39 is 0 Å². The van der Waals surface area contributed by atoms with Gasteiger partial charge in [0, 0.05) is 25.2 Å². The van der Waals surface area contributed by atoms with Crippen molar-refractivity contribution in [2.45, 2.75) is 6.04 Å².